The molecule has 0 saturated carbocycles. The maximum absolute atomic E-state index is 13.0. The van der Waals surface area contributed by atoms with Gasteiger partial charge in [0.25, 0.3) is 5.56 Å². The number of hydrogen-bond donors (Lipinski definition) is 2. The van der Waals surface area contributed by atoms with Crippen molar-refractivity contribution in [2.45, 2.75) is 19.3 Å². The number of fused-ring (bicyclic) bond motifs is 3. The quantitative estimate of drug-likeness (QED) is 0.483. The lowest BCUT2D eigenvalue weighted by Gasteiger charge is -2.10. The van der Waals surface area contributed by atoms with Gasteiger partial charge in [0.1, 0.15) is 16.3 Å². The van der Waals surface area contributed by atoms with Crippen LogP contribution in [-0.2, 0) is 20.0 Å². The van der Waals surface area contributed by atoms with E-state index in [1.54, 1.807) is 17.8 Å². The summed E-state index contributed by atoms with van der Waals surface area (Å²) in [5.41, 5.74) is 13.0. The van der Waals surface area contributed by atoms with Crippen molar-refractivity contribution in [1.82, 2.24) is 19.3 Å². The van der Waals surface area contributed by atoms with Crippen LogP contribution in [0.5, 0.6) is 5.75 Å². The molecule has 31 heavy (non-hydrogen) atoms. The van der Waals surface area contributed by atoms with Crippen LogP contribution >= 0.6 is 11.3 Å². The SMILES string of the molecule is Cn1c2nc(C/C(N)=C/N)sc2c2cnn(Cc3ccc(OC(F)(F)F)cc3)c(=O)c21. The zero-order valence-corrected chi connectivity index (χ0v) is 17.0. The topological polar surface area (TPSA) is 114 Å². The van der Waals surface area contributed by atoms with Crippen LogP contribution in [0.3, 0.4) is 0 Å². The molecule has 0 bridgehead atoms. The molecule has 0 spiro atoms. The zero-order chi connectivity index (χ0) is 22.3. The molecule has 4 aromatic rings. The Balaban J connectivity index is 1.66. The Labute approximate surface area is 177 Å². The number of rotatable bonds is 5. The lowest BCUT2D eigenvalue weighted by molar-refractivity contribution is -0.274. The monoisotopic (exact) mass is 450 g/mol. The molecule has 0 saturated heterocycles. The van der Waals surface area contributed by atoms with Crippen LogP contribution in [0.15, 0.2) is 47.2 Å². The number of ether oxygens (including phenoxy) is 1. The van der Waals surface area contributed by atoms with Crippen LogP contribution in [0, 0.1) is 0 Å². The Kier molecular flexibility index (Phi) is 5.09. The second-order valence-electron chi connectivity index (χ2n) is 6.80. The predicted molar refractivity (Wildman–Crippen MR) is 111 cm³/mol. The molecule has 3 heterocycles. The minimum atomic E-state index is -4.76. The van der Waals surface area contributed by atoms with E-state index in [0.717, 1.165) is 9.71 Å². The number of allylic oxidation sites excluding steroid dienone is 1. The van der Waals surface area contributed by atoms with E-state index in [9.17, 15) is 18.0 Å². The van der Waals surface area contributed by atoms with Crippen LogP contribution in [0.4, 0.5) is 13.2 Å². The largest absolute Gasteiger partial charge is 0.573 e. The highest BCUT2D eigenvalue weighted by Crippen LogP contribution is 2.31. The Bertz CT molecular complexity index is 1350. The van der Waals surface area contributed by atoms with Crippen LogP contribution in [0.1, 0.15) is 10.6 Å². The van der Waals surface area contributed by atoms with Crippen molar-refractivity contribution in [2.75, 3.05) is 0 Å². The minimum absolute atomic E-state index is 0.0937. The average Bonchev–Trinajstić information content (AvgIpc) is 3.22. The van der Waals surface area contributed by atoms with Crippen molar-refractivity contribution in [3.05, 3.63) is 63.3 Å². The number of aryl methyl sites for hydroxylation is 1. The molecule has 0 atom stereocenters. The standard InChI is InChI=1S/C19H17F3N6O2S/c1-27-15-13(16-17(27)26-14(31-16)6-11(24)7-23)8-25-28(18(15)29)9-10-2-4-12(5-3-10)30-19(20,21)22/h2-5,7-8H,6,9,23-24H2,1H3/b11-7-. The molecule has 0 radical (unpaired) electrons. The smallest absolute Gasteiger partial charge is 0.406 e. The fourth-order valence-electron chi connectivity index (χ4n) is 3.22. The van der Waals surface area contributed by atoms with Crippen molar-refractivity contribution in [3.63, 3.8) is 0 Å². The number of nitrogens with zero attached hydrogens (tertiary/aromatic N) is 4. The molecule has 0 aliphatic rings. The molecule has 0 amide bonds. The van der Waals surface area contributed by atoms with E-state index >= 15 is 0 Å². The van der Waals surface area contributed by atoms with Gasteiger partial charge in [-0.2, -0.15) is 5.10 Å². The van der Waals surface area contributed by atoms with Gasteiger partial charge in [0.2, 0.25) is 0 Å². The summed E-state index contributed by atoms with van der Waals surface area (Å²) in [4.78, 5) is 17.6. The second kappa shape index (κ2) is 7.61. The molecule has 0 unspecified atom stereocenters. The summed E-state index contributed by atoms with van der Waals surface area (Å²) in [6, 6.07) is 5.29. The molecular formula is C19H17F3N6O2S. The predicted octanol–water partition coefficient (Wildman–Crippen LogP) is 2.59. The first-order valence-electron chi connectivity index (χ1n) is 9.01. The van der Waals surface area contributed by atoms with Gasteiger partial charge in [0.15, 0.2) is 5.65 Å². The van der Waals surface area contributed by atoms with E-state index in [-0.39, 0.29) is 17.9 Å². The van der Waals surface area contributed by atoms with Gasteiger partial charge in [-0.15, -0.1) is 24.5 Å². The highest BCUT2D eigenvalue weighted by atomic mass is 32.1. The summed E-state index contributed by atoms with van der Waals surface area (Å²) < 4.78 is 44.5. The Morgan fingerprint density at radius 2 is 2.00 bits per heavy atom. The van der Waals surface area contributed by atoms with Crippen LogP contribution in [-0.4, -0.2) is 25.7 Å². The Hall–Kier alpha value is -3.54. The number of aromatic nitrogens is 4. The molecule has 162 valence electrons. The van der Waals surface area contributed by atoms with Gasteiger partial charge in [0, 0.05) is 30.8 Å². The van der Waals surface area contributed by atoms with Gasteiger partial charge in [-0.1, -0.05) is 12.1 Å². The first-order valence-corrected chi connectivity index (χ1v) is 9.83. The average molecular weight is 450 g/mol. The molecular weight excluding hydrogens is 433 g/mol. The summed E-state index contributed by atoms with van der Waals surface area (Å²) in [5, 5.41) is 5.68. The van der Waals surface area contributed by atoms with Crippen molar-refractivity contribution >= 4 is 32.6 Å². The summed E-state index contributed by atoms with van der Waals surface area (Å²) in [6.45, 7) is 0.0937. The molecule has 0 fully saturated rings. The summed E-state index contributed by atoms with van der Waals surface area (Å²) in [6.07, 6.45) is -1.43. The van der Waals surface area contributed by atoms with Gasteiger partial charge < -0.3 is 20.8 Å². The second-order valence-corrected chi connectivity index (χ2v) is 7.88. The number of nitrogens with two attached hydrogens (primary N) is 2. The van der Waals surface area contributed by atoms with Gasteiger partial charge in [-0.05, 0) is 17.7 Å². The molecule has 0 aliphatic heterocycles. The zero-order valence-electron chi connectivity index (χ0n) is 16.2. The molecule has 1 aromatic carbocycles. The third-order valence-electron chi connectivity index (χ3n) is 4.63. The van der Waals surface area contributed by atoms with Gasteiger partial charge in [-0.3, -0.25) is 4.79 Å². The maximum atomic E-state index is 13.0. The van der Waals surface area contributed by atoms with Gasteiger partial charge in [0.05, 0.1) is 17.4 Å². The van der Waals surface area contributed by atoms with Crippen LogP contribution < -0.4 is 21.8 Å². The fraction of sp³-hybridized carbons (Fsp3) is 0.211. The van der Waals surface area contributed by atoms with Gasteiger partial charge in [-0.25, -0.2) is 9.67 Å². The van der Waals surface area contributed by atoms with Crippen molar-refractivity contribution < 1.29 is 17.9 Å². The van der Waals surface area contributed by atoms with E-state index in [1.807, 2.05) is 0 Å². The number of halogens is 3. The maximum Gasteiger partial charge on any atom is 0.573 e. The van der Waals surface area contributed by atoms with Crippen molar-refractivity contribution in [1.29, 1.82) is 0 Å². The third-order valence-corrected chi connectivity index (χ3v) is 5.71. The molecule has 3 aromatic heterocycles. The Morgan fingerprint density at radius 3 is 2.65 bits per heavy atom. The lowest BCUT2D eigenvalue weighted by atomic mass is 10.2. The van der Waals surface area contributed by atoms with Crippen molar-refractivity contribution in [2.24, 2.45) is 18.5 Å². The molecule has 0 aliphatic carbocycles. The molecule has 4 N–H and O–H groups in total. The first kappa shape index (κ1) is 20.7. The summed E-state index contributed by atoms with van der Waals surface area (Å²) in [7, 11) is 1.74. The molecule has 8 nitrogen and oxygen atoms in total. The Morgan fingerprint density at radius 1 is 1.29 bits per heavy atom. The first-order chi connectivity index (χ1) is 14.7. The fourth-order valence-corrected chi connectivity index (χ4v) is 4.36. The van der Waals surface area contributed by atoms with Gasteiger partial charge >= 0.3 is 6.36 Å². The minimum Gasteiger partial charge on any atom is -0.406 e. The van der Waals surface area contributed by atoms with E-state index in [4.69, 9.17) is 11.5 Å². The number of benzene rings is 1. The van der Waals surface area contributed by atoms with E-state index in [1.165, 1.54) is 46.5 Å². The van der Waals surface area contributed by atoms with E-state index in [2.05, 4.69) is 14.8 Å². The lowest BCUT2D eigenvalue weighted by Crippen LogP contribution is -2.24. The normalized spacial score (nSPS) is 12.7. The van der Waals surface area contributed by atoms with Crippen LogP contribution in [0.25, 0.3) is 21.3 Å². The highest BCUT2D eigenvalue weighted by Gasteiger charge is 2.31. The van der Waals surface area contributed by atoms with Crippen LogP contribution in [0.2, 0.25) is 0 Å². The van der Waals surface area contributed by atoms with E-state index in [0.29, 0.717) is 34.2 Å². The number of hydrogen-bond acceptors (Lipinski definition) is 7. The third kappa shape index (κ3) is 4.06. The number of thiazole rings is 1. The number of alkyl halides is 3. The summed E-state index contributed by atoms with van der Waals surface area (Å²) in [5.74, 6) is -0.332. The summed E-state index contributed by atoms with van der Waals surface area (Å²) >= 11 is 1.41. The molecule has 12 heteroatoms. The molecule has 4 rings (SSSR count). The van der Waals surface area contributed by atoms with E-state index < -0.39 is 6.36 Å². The highest BCUT2D eigenvalue weighted by molar-refractivity contribution is 7.19. The van der Waals surface area contributed by atoms with Crippen molar-refractivity contribution in [3.8, 4) is 5.75 Å².